The number of nitrogens with zero attached hydrogens (tertiary/aromatic N) is 4. The summed E-state index contributed by atoms with van der Waals surface area (Å²) in [6.07, 6.45) is 4.81. The van der Waals surface area contributed by atoms with E-state index < -0.39 is 0 Å². The average Bonchev–Trinajstić information content (AvgIpc) is 2.91. The molecule has 2 aromatic rings. The quantitative estimate of drug-likeness (QED) is 0.552. The Morgan fingerprint density at radius 3 is 2.86 bits per heavy atom. The highest BCUT2D eigenvalue weighted by Crippen LogP contribution is 2.22. The van der Waals surface area contributed by atoms with Crippen molar-refractivity contribution in [2.45, 2.75) is 79.1 Å². The van der Waals surface area contributed by atoms with Gasteiger partial charge < -0.3 is 19.9 Å². The highest BCUT2D eigenvalue weighted by molar-refractivity contribution is 5.79. The minimum atomic E-state index is 0.133. The van der Waals surface area contributed by atoms with Gasteiger partial charge in [-0.05, 0) is 52.2 Å². The van der Waals surface area contributed by atoms with Gasteiger partial charge in [0.25, 0.3) is 0 Å². The van der Waals surface area contributed by atoms with Crippen molar-refractivity contribution in [3.05, 3.63) is 41.0 Å². The monoisotopic (exact) mass is 398 g/mol. The number of ether oxygens (including phenoxy) is 1. The number of hydrogen-bond donors (Lipinski definition) is 2. The van der Waals surface area contributed by atoms with E-state index >= 15 is 0 Å². The number of guanidine groups is 1. The Balaban J connectivity index is 1.69. The van der Waals surface area contributed by atoms with Crippen LogP contribution in [0.4, 0.5) is 0 Å². The van der Waals surface area contributed by atoms with Gasteiger partial charge in [0.05, 0.1) is 19.2 Å². The number of hydrogen-bond acceptors (Lipinski definition) is 4. The first kappa shape index (κ1) is 21.1. The van der Waals surface area contributed by atoms with Crippen LogP contribution in [0, 0.1) is 6.92 Å². The van der Waals surface area contributed by atoms with Crippen molar-refractivity contribution in [1.82, 2.24) is 25.4 Å². The van der Waals surface area contributed by atoms with Crippen LogP contribution in [0.3, 0.4) is 0 Å². The predicted octanol–water partition coefficient (Wildman–Crippen LogP) is 3.36. The Kier molecular flexibility index (Phi) is 7.49. The van der Waals surface area contributed by atoms with Gasteiger partial charge in [0, 0.05) is 25.1 Å². The van der Waals surface area contributed by atoms with Crippen molar-refractivity contribution in [3.63, 3.8) is 0 Å². The Morgan fingerprint density at radius 2 is 2.07 bits per heavy atom. The molecular weight excluding hydrogens is 364 g/mol. The summed E-state index contributed by atoms with van der Waals surface area (Å²) in [5.41, 5.74) is 2.27. The van der Waals surface area contributed by atoms with Gasteiger partial charge in [0.15, 0.2) is 11.8 Å². The Bertz CT molecular complexity index is 827. The van der Waals surface area contributed by atoms with Crippen LogP contribution < -0.4 is 15.4 Å². The fraction of sp³-hybridized carbons (Fsp3) is 0.591. The van der Waals surface area contributed by atoms with Gasteiger partial charge in [-0.1, -0.05) is 18.6 Å². The van der Waals surface area contributed by atoms with Crippen LogP contribution in [-0.4, -0.2) is 33.4 Å². The molecule has 0 fully saturated rings. The molecule has 3 rings (SSSR count). The number of rotatable bonds is 7. The van der Waals surface area contributed by atoms with Crippen LogP contribution >= 0.6 is 0 Å². The lowest BCUT2D eigenvalue weighted by Gasteiger charge is -2.15. The molecule has 0 unspecified atom stereocenters. The number of aromatic nitrogens is 3. The van der Waals surface area contributed by atoms with Crippen molar-refractivity contribution >= 4 is 5.96 Å². The lowest BCUT2D eigenvalue weighted by atomic mass is 10.1. The molecule has 29 heavy (non-hydrogen) atoms. The standard InChI is InChI=1S/C22H34N6O/c1-5-23-22(24-14-18-11-10-17(4)13-19(18)29-16(2)3)25-15-21-27-26-20-9-7-6-8-12-28(20)21/h10-11,13,16H,5-9,12,14-15H2,1-4H3,(H2,23,24,25). The fourth-order valence-corrected chi connectivity index (χ4v) is 3.50. The number of aryl methyl sites for hydroxylation is 2. The van der Waals surface area contributed by atoms with Crippen LogP contribution in [0.1, 0.15) is 62.8 Å². The van der Waals surface area contributed by atoms with Gasteiger partial charge >= 0.3 is 0 Å². The minimum Gasteiger partial charge on any atom is -0.491 e. The van der Waals surface area contributed by atoms with E-state index in [1.165, 1.54) is 24.8 Å². The van der Waals surface area contributed by atoms with Crippen LogP contribution in [0.5, 0.6) is 5.75 Å². The van der Waals surface area contributed by atoms with Crippen LogP contribution in [0.2, 0.25) is 0 Å². The molecule has 158 valence electrons. The van der Waals surface area contributed by atoms with Gasteiger partial charge in [-0.25, -0.2) is 4.99 Å². The van der Waals surface area contributed by atoms with E-state index in [0.29, 0.717) is 13.1 Å². The molecule has 0 bridgehead atoms. The summed E-state index contributed by atoms with van der Waals surface area (Å²) >= 11 is 0. The second-order valence-electron chi connectivity index (χ2n) is 7.82. The fourth-order valence-electron chi connectivity index (χ4n) is 3.50. The second kappa shape index (κ2) is 10.3. The Labute approximate surface area is 174 Å². The van der Waals surface area contributed by atoms with Crippen molar-refractivity contribution in [3.8, 4) is 5.75 Å². The van der Waals surface area contributed by atoms with Gasteiger partial charge in [-0.3, -0.25) is 0 Å². The van der Waals surface area contributed by atoms with Gasteiger partial charge in [-0.15, -0.1) is 10.2 Å². The number of fused-ring (bicyclic) bond motifs is 1. The molecule has 0 spiro atoms. The zero-order valence-corrected chi connectivity index (χ0v) is 18.2. The van der Waals surface area contributed by atoms with Crippen molar-refractivity contribution < 1.29 is 4.74 Å². The van der Waals surface area contributed by atoms with E-state index in [2.05, 4.69) is 57.4 Å². The maximum absolute atomic E-state index is 5.98. The number of nitrogens with one attached hydrogen (secondary N) is 2. The topological polar surface area (TPSA) is 76.4 Å². The largest absolute Gasteiger partial charge is 0.491 e. The van der Waals surface area contributed by atoms with Crippen molar-refractivity contribution in [2.24, 2.45) is 4.99 Å². The molecule has 0 radical (unpaired) electrons. The van der Waals surface area contributed by atoms with Gasteiger partial charge in [-0.2, -0.15) is 0 Å². The average molecular weight is 399 g/mol. The maximum Gasteiger partial charge on any atom is 0.191 e. The van der Waals surface area contributed by atoms with Crippen molar-refractivity contribution in [2.75, 3.05) is 6.54 Å². The minimum absolute atomic E-state index is 0.133. The summed E-state index contributed by atoms with van der Waals surface area (Å²) in [6, 6.07) is 6.28. The number of aliphatic imine (C=N–C) groups is 1. The smallest absolute Gasteiger partial charge is 0.191 e. The molecule has 0 amide bonds. The van der Waals surface area contributed by atoms with E-state index in [-0.39, 0.29) is 6.10 Å². The third-order valence-corrected chi connectivity index (χ3v) is 4.94. The molecule has 1 aromatic carbocycles. The first-order chi connectivity index (χ1) is 14.1. The van der Waals surface area contributed by atoms with Crippen LogP contribution in [0.25, 0.3) is 0 Å². The molecule has 1 aliphatic rings. The molecule has 0 aliphatic carbocycles. The summed E-state index contributed by atoms with van der Waals surface area (Å²) in [4.78, 5) is 4.77. The molecule has 0 atom stereocenters. The molecule has 7 heteroatoms. The summed E-state index contributed by atoms with van der Waals surface area (Å²) in [5, 5.41) is 15.5. The number of benzene rings is 1. The highest BCUT2D eigenvalue weighted by atomic mass is 16.5. The molecule has 1 aromatic heterocycles. The molecule has 0 saturated carbocycles. The van der Waals surface area contributed by atoms with Crippen molar-refractivity contribution in [1.29, 1.82) is 0 Å². The first-order valence-corrected chi connectivity index (χ1v) is 10.8. The molecule has 0 saturated heterocycles. The summed E-state index contributed by atoms with van der Waals surface area (Å²) in [7, 11) is 0. The zero-order valence-electron chi connectivity index (χ0n) is 18.2. The molecule has 2 heterocycles. The second-order valence-corrected chi connectivity index (χ2v) is 7.82. The van der Waals surface area contributed by atoms with Crippen LogP contribution in [-0.2, 0) is 26.1 Å². The van der Waals surface area contributed by atoms with Crippen LogP contribution in [0.15, 0.2) is 23.2 Å². The van der Waals surface area contributed by atoms with E-state index in [9.17, 15) is 0 Å². The lowest BCUT2D eigenvalue weighted by molar-refractivity contribution is 0.240. The highest BCUT2D eigenvalue weighted by Gasteiger charge is 2.15. The van der Waals surface area contributed by atoms with E-state index in [0.717, 1.165) is 48.4 Å². The lowest BCUT2D eigenvalue weighted by Crippen LogP contribution is -2.37. The summed E-state index contributed by atoms with van der Waals surface area (Å²) < 4.78 is 8.24. The zero-order chi connectivity index (χ0) is 20.6. The predicted molar refractivity (Wildman–Crippen MR) is 116 cm³/mol. The first-order valence-electron chi connectivity index (χ1n) is 10.8. The summed E-state index contributed by atoms with van der Waals surface area (Å²) in [6.45, 7) is 11.2. The Morgan fingerprint density at radius 1 is 1.21 bits per heavy atom. The third kappa shape index (κ3) is 5.95. The molecule has 1 aliphatic heterocycles. The maximum atomic E-state index is 5.98. The molecular formula is C22H34N6O. The third-order valence-electron chi connectivity index (χ3n) is 4.94. The van der Waals surface area contributed by atoms with Gasteiger partial charge in [0.2, 0.25) is 0 Å². The molecule has 7 nitrogen and oxygen atoms in total. The molecule has 2 N–H and O–H groups in total. The van der Waals surface area contributed by atoms with E-state index in [4.69, 9.17) is 9.73 Å². The van der Waals surface area contributed by atoms with E-state index in [1.54, 1.807) is 0 Å². The Hall–Kier alpha value is -2.57. The summed E-state index contributed by atoms with van der Waals surface area (Å²) in [5.74, 6) is 3.76. The van der Waals surface area contributed by atoms with E-state index in [1.807, 2.05) is 13.8 Å². The van der Waals surface area contributed by atoms with Gasteiger partial charge in [0.1, 0.15) is 11.6 Å². The normalized spacial score (nSPS) is 14.4. The SMILES string of the molecule is CCNC(=NCc1ccc(C)cc1OC(C)C)NCc1nnc2n1CCCCC2.